The smallest absolute Gasteiger partial charge is 0.344 e. The van der Waals surface area contributed by atoms with Crippen molar-refractivity contribution in [2.75, 3.05) is 31.0 Å². The van der Waals surface area contributed by atoms with Crippen LogP contribution in [-0.2, 0) is 20.9 Å². The number of benzene rings is 2. The van der Waals surface area contributed by atoms with Crippen molar-refractivity contribution in [1.29, 1.82) is 0 Å². The molecule has 138 valence electrons. The molecule has 5 heteroatoms. The van der Waals surface area contributed by atoms with E-state index < -0.39 is 7.26 Å². The molecule has 0 heterocycles. The summed E-state index contributed by atoms with van der Waals surface area (Å²) in [5.74, 6) is -0.288. The Kier molecular flexibility index (Phi) is 6.93. The first-order valence-corrected chi connectivity index (χ1v) is 11.7. The molecule has 4 nitrogen and oxygen atoms in total. The van der Waals surface area contributed by atoms with Crippen LogP contribution in [0.2, 0.25) is 0 Å². The summed E-state index contributed by atoms with van der Waals surface area (Å²) in [5, 5.41) is 3.00. The van der Waals surface area contributed by atoms with Gasteiger partial charge in [0.25, 0.3) is 5.91 Å². The summed E-state index contributed by atoms with van der Waals surface area (Å²) >= 11 is 0. The summed E-state index contributed by atoms with van der Waals surface area (Å²) in [6.07, 6.45) is 0.668. The van der Waals surface area contributed by atoms with E-state index in [0.717, 1.165) is 22.4 Å². The molecule has 0 radical (unpaired) electrons. The molecule has 2 rings (SSSR count). The summed E-state index contributed by atoms with van der Waals surface area (Å²) in [5.41, 5.74) is 3.91. The van der Waals surface area contributed by atoms with Gasteiger partial charge in [-0.15, -0.1) is 0 Å². The Labute approximate surface area is 156 Å². The highest BCUT2D eigenvalue weighted by atomic mass is 31.2. The van der Waals surface area contributed by atoms with E-state index in [1.165, 1.54) is 0 Å². The molecular formula is C21H27NO3P+. The maximum atomic E-state index is 12.5. The van der Waals surface area contributed by atoms with E-state index in [4.69, 9.17) is 4.74 Å². The molecule has 0 fully saturated rings. The number of rotatable bonds is 7. The van der Waals surface area contributed by atoms with E-state index in [-0.39, 0.29) is 18.5 Å². The average Bonchev–Trinajstić information content (AvgIpc) is 2.56. The van der Waals surface area contributed by atoms with Gasteiger partial charge >= 0.3 is 5.97 Å². The van der Waals surface area contributed by atoms with Crippen molar-refractivity contribution in [2.45, 2.75) is 20.5 Å². The van der Waals surface area contributed by atoms with E-state index in [2.05, 4.69) is 5.32 Å². The Morgan fingerprint density at radius 2 is 1.54 bits per heavy atom. The number of carbonyl (C=O) groups is 2. The second-order valence-corrected chi connectivity index (χ2v) is 11.7. The number of hydrogen-bond donors (Lipinski definition) is 1. The van der Waals surface area contributed by atoms with Gasteiger partial charge in [0, 0.05) is 26.3 Å². The quantitative estimate of drug-likeness (QED) is 0.584. The van der Waals surface area contributed by atoms with E-state index in [1.54, 1.807) is 0 Å². The van der Waals surface area contributed by atoms with E-state index in [1.807, 2.05) is 75.7 Å². The van der Waals surface area contributed by atoms with Gasteiger partial charge in [0.1, 0.15) is 12.8 Å². The van der Waals surface area contributed by atoms with Gasteiger partial charge in [-0.3, -0.25) is 4.79 Å². The summed E-state index contributed by atoms with van der Waals surface area (Å²) in [6.45, 7) is 8.25. The molecule has 2 aromatic carbocycles. The lowest BCUT2D eigenvalue weighted by Crippen LogP contribution is -2.23. The lowest BCUT2D eigenvalue weighted by atomic mass is 10.1. The number of anilines is 1. The van der Waals surface area contributed by atoms with Crippen LogP contribution in [0.5, 0.6) is 0 Å². The number of hydrogen-bond acceptors (Lipinski definition) is 3. The minimum Gasteiger partial charge on any atom is -0.458 e. The summed E-state index contributed by atoms with van der Waals surface area (Å²) in [4.78, 5) is 24.6. The molecule has 0 saturated carbocycles. The molecule has 0 spiro atoms. The maximum Gasteiger partial charge on any atom is 0.344 e. The highest BCUT2D eigenvalue weighted by molar-refractivity contribution is 7.76. The van der Waals surface area contributed by atoms with Crippen molar-refractivity contribution in [3.8, 4) is 0 Å². The zero-order valence-electron chi connectivity index (χ0n) is 15.9. The minimum atomic E-state index is -1.73. The number of nitrogens with one attached hydrogen (secondary N) is 1. The Bertz CT molecular complexity index is 752. The van der Waals surface area contributed by atoms with Gasteiger partial charge in [0.2, 0.25) is 0 Å². The highest BCUT2D eigenvalue weighted by Gasteiger charge is 2.33. The molecule has 0 aliphatic carbocycles. The highest BCUT2D eigenvalue weighted by Crippen LogP contribution is 2.50. The molecular weight excluding hydrogens is 345 g/mol. The number of amides is 1. The lowest BCUT2D eigenvalue weighted by molar-refractivity contribution is -0.141. The third-order valence-corrected chi connectivity index (χ3v) is 6.37. The van der Waals surface area contributed by atoms with Crippen molar-refractivity contribution in [1.82, 2.24) is 0 Å². The van der Waals surface area contributed by atoms with E-state index in [0.29, 0.717) is 12.3 Å². The Morgan fingerprint density at radius 3 is 2.15 bits per heavy atom. The SMILES string of the molecule is Cc1cccc(C)c1NC(=O)C[P+](C)(C)CC(=O)OCc1ccccc1. The predicted octanol–water partition coefficient (Wildman–Crippen LogP) is 4.26. The topological polar surface area (TPSA) is 55.4 Å². The molecule has 0 bridgehead atoms. The largest absolute Gasteiger partial charge is 0.458 e. The number of ether oxygens (including phenoxy) is 1. The molecule has 0 atom stereocenters. The Hall–Kier alpha value is -2.19. The number of esters is 1. The van der Waals surface area contributed by atoms with Crippen LogP contribution in [0.4, 0.5) is 5.69 Å². The first kappa shape index (κ1) is 20.1. The van der Waals surface area contributed by atoms with Crippen molar-refractivity contribution in [2.24, 2.45) is 0 Å². The number of aryl methyl sites for hydroxylation is 2. The maximum absolute atomic E-state index is 12.5. The lowest BCUT2D eigenvalue weighted by Gasteiger charge is -2.18. The minimum absolute atomic E-state index is 0.0448. The Balaban J connectivity index is 1.87. The normalized spacial score (nSPS) is 11.1. The molecule has 26 heavy (non-hydrogen) atoms. The number of para-hydroxylation sites is 1. The summed E-state index contributed by atoms with van der Waals surface area (Å²) < 4.78 is 5.36. The monoisotopic (exact) mass is 372 g/mol. The van der Waals surface area contributed by atoms with Crippen molar-refractivity contribution >= 4 is 24.8 Å². The number of carbonyl (C=O) groups excluding carboxylic acids is 2. The fraction of sp³-hybridized carbons (Fsp3) is 0.333. The zero-order chi connectivity index (χ0) is 19.2. The molecule has 0 aliphatic rings. The van der Waals surface area contributed by atoms with Crippen LogP contribution in [0, 0.1) is 13.8 Å². The van der Waals surface area contributed by atoms with Crippen molar-refractivity contribution in [3.63, 3.8) is 0 Å². The van der Waals surface area contributed by atoms with Crippen LogP contribution in [0.3, 0.4) is 0 Å². The fourth-order valence-electron chi connectivity index (χ4n) is 2.77. The van der Waals surface area contributed by atoms with Crippen LogP contribution in [0.25, 0.3) is 0 Å². The first-order valence-electron chi connectivity index (χ1n) is 8.64. The van der Waals surface area contributed by atoms with Gasteiger partial charge in [-0.2, -0.15) is 0 Å². The van der Waals surface area contributed by atoms with Gasteiger partial charge in [-0.25, -0.2) is 4.79 Å². The first-order chi connectivity index (χ1) is 12.3. The fourth-order valence-corrected chi connectivity index (χ4v) is 4.53. The van der Waals surface area contributed by atoms with Gasteiger partial charge in [-0.1, -0.05) is 48.5 Å². The standard InChI is InChI=1S/C21H26NO3P/c1-16-9-8-10-17(2)21(16)22-19(23)14-26(3,4)15-20(24)25-13-18-11-6-5-7-12-18/h5-12H,13-15H2,1-4H3/p+1. The molecule has 0 saturated heterocycles. The molecule has 0 unspecified atom stereocenters. The van der Waals surface area contributed by atoms with Crippen LogP contribution in [0.15, 0.2) is 48.5 Å². The van der Waals surface area contributed by atoms with Crippen molar-refractivity contribution < 1.29 is 14.3 Å². The van der Waals surface area contributed by atoms with E-state index >= 15 is 0 Å². The van der Waals surface area contributed by atoms with Crippen LogP contribution in [0.1, 0.15) is 16.7 Å². The second kappa shape index (κ2) is 8.95. The van der Waals surface area contributed by atoms with Crippen LogP contribution in [-0.4, -0.2) is 37.5 Å². The third-order valence-electron chi connectivity index (χ3n) is 4.12. The molecule has 0 aromatic heterocycles. The van der Waals surface area contributed by atoms with Gasteiger partial charge in [0.15, 0.2) is 6.16 Å². The van der Waals surface area contributed by atoms with E-state index in [9.17, 15) is 9.59 Å². The molecule has 1 amide bonds. The van der Waals surface area contributed by atoms with Crippen LogP contribution < -0.4 is 5.32 Å². The third kappa shape index (κ3) is 6.27. The molecule has 2 aromatic rings. The predicted molar refractivity (Wildman–Crippen MR) is 109 cm³/mol. The summed E-state index contributed by atoms with van der Waals surface area (Å²) in [7, 11) is -1.73. The van der Waals surface area contributed by atoms with Gasteiger partial charge in [-0.05, 0) is 30.5 Å². The second-order valence-electron chi connectivity index (χ2n) is 7.21. The average molecular weight is 372 g/mol. The van der Waals surface area contributed by atoms with Gasteiger partial charge < -0.3 is 10.1 Å². The van der Waals surface area contributed by atoms with Crippen LogP contribution >= 0.6 is 7.26 Å². The zero-order valence-corrected chi connectivity index (χ0v) is 16.8. The summed E-state index contributed by atoms with van der Waals surface area (Å²) in [6, 6.07) is 15.5. The molecule has 0 aliphatic heterocycles. The molecule has 1 N–H and O–H groups in total. The van der Waals surface area contributed by atoms with Crippen molar-refractivity contribution in [3.05, 3.63) is 65.2 Å². The Morgan fingerprint density at radius 1 is 0.923 bits per heavy atom. The van der Waals surface area contributed by atoms with Gasteiger partial charge in [0.05, 0.1) is 0 Å².